The van der Waals surface area contributed by atoms with Gasteiger partial charge in [-0.15, -0.1) is 0 Å². The third kappa shape index (κ3) is 4.71. The molecule has 1 heterocycles. The molecule has 160 valence electrons. The molecule has 4 atom stereocenters. The molecule has 0 spiro atoms. The number of benzene rings is 1. The van der Waals surface area contributed by atoms with E-state index in [1.165, 1.54) is 23.9 Å². The van der Waals surface area contributed by atoms with Gasteiger partial charge in [0.25, 0.3) is 5.69 Å². The SMILES string of the molecule is CC1(C)C2CCC1(C)C(C(=O)[O-])OC2=O.NC([NH3+])SCc1ccc([N+](=O)[O-])cc1. The van der Waals surface area contributed by atoms with Crippen LogP contribution in [0.4, 0.5) is 5.69 Å². The molecule has 1 aliphatic heterocycles. The topological polar surface area (TPSA) is 163 Å². The zero-order valence-corrected chi connectivity index (χ0v) is 17.6. The van der Waals surface area contributed by atoms with Gasteiger partial charge in [0, 0.05) is 23.3 Å². The molecular weight excluding hydrogens is 398 g/mol. The largest absolute Gasteiger partial charge is 0.546 e. The lowest BCUT2D eigenvalue weighted by atomic mass is 9.61. The third-order valence-corrected chi connectivity index (χ3v) is 7.15. The van der Waals surface area contributed by atoms with E-state index in [1.54, 1.807) is 12.1 Å². The number of thioether (sulfide) groups is 1. The van der Waals surface area contributed by atoms with Crippen LogP contribution >= 0.6 is 11.8 Å². The van der Waals surface area contributed by atoms with Gasteiger partial charge in [0.15, 0.2) is 5.50 Å². The maximum absolute atomic E-state index is 11.6. The predicted molar refractivity (Wildman–Crippen MR) is 105 cm³/mol. The summed E-state index contributed by atoms with van der Waals surface area (Å²) < 4.78 is 4.97. The minimum Gasteiger partial charge on any atom is -0.546 e. The molecule has 1 saturated carbocycles. The molecule has 0 aromatic heterocycles. The smallest absolute Gasteiger partial charge is 0.310 e. The molecule has 2 aliphatic rings. The van der Waals surface area contributed by atoms with Crippen LogP contribution < -0.4 is 16.6 Å². The summed E-state index contributed by atoms with van der Waals surface area (Å²) in [6.07, 6.45) is 0.319. The zero-order valence-electron chi connectivity index (χ0n) is 16.8. The third-order valence-electron chi connectivity index (χ3n) is 6.22. The number of carbonyl (C=O) groups excluding carboxylic acids is 2. The number of nitro groups is 1. The zero-order chi connectivity index (χ0) is 22.0. The monoisotopic (exact) mass is 425 g/mol. The van der Waals surface area contributed by atoms with Crippen molar-refractivity contribution in [3.8, 4) is 0 Å². The first-order valence-electron chi connectivity index (χ1n) is 9.25. The summed E-state index contributed by atoms with van der Waals surface area (Å²) in [5, 5.41) is 21.3. The summed E-state index contributed by atoms with van der Waals surface area (Å²) in [5.74, 6) is -1.11. The maximum Gasteiger partial charge on any atom is 0.310 e. The van der Waals surface area contributed by atoms with E-state index in [0.717, 1.165) is 11.3 Å². The first kappa shape index (κ1) is 23.1. The normalized spacial score (nSPS) is 28.0. The fourth-order valence-corrected chi connectivity index (χ4v) is 4.56. The van der Waals surface area contributed by atoms with Gasteiger partial charge in [0.1, 0.15) is 6.10 Å². The number of ether oxygens (including phenoxy) is 1. The Morgan fingerprint density at radius 2 is 1.97 bits per heavy atom. The number of aliphatic carboxylic acids is 1. The molecule has 4 unspecified atom stereocenters. The van der Waals surface area contributed by atoms with Crippen LogP contribution in [0.25, 0.3) is 0 Å². The van der Waals surface area contributed by atoms with Crippen LogP contribution in [0, 0.1) is 26.9 Å². The predicted octanol–water partition coefficient (Wildman–Crippen LogP) is 0.416. The highest BCUT2D eigenvalue weighted by molar-refractivity contribution is 7.98. The maximum atomic E-state index is 11.6. The first-order chi connectivity index (χ1) is 13.4. The molecular formula is C19H27N3O6S. The Morgan fingerprint density at radius 3 is 2.45 bits per heavy atom. The molecule has 9 nitrogen and oxygen atoms in total. The van der Waals surface area contributed by atoms with Crippen LogP contribution in [0.5, 0.6) is 0 Å². The summed E-state index contributed by atoms with van der Waals surface area (Å²) in [5.41, 5.74) is 9.23. The second-order valence-corrected chi connectivity index (χ2v) is 9.37. The number of hydrogen-bond donors (Lipinski definition) is 2. The summed E-state index contributed by atoms with van der Waals surface area (Å²) in [7, 11) is 0. The van der Waals surface area contributed by atoms with Crippen molar-refractivity contribution in [1.29, 1.82) is 0 Å². The van der Waals surface area contributed by atoms with Crippen molar-refractivity contribution < 1.29 is 30.1 Å². The van der Waals surface area contributed by atoms with E-state index in [4.69, 9.17) is 10.5 Å². The quantitative estimate of drug-likeness (QED) is 0.296. The highest BCUT2D eigenvalue weighted by atomic mass is 32.2. The Hall–Kier alpha value is -2.17. The van der Waals surface area contributed by atoms with Crippen molar-refractivity contribution >= 4 is 29.4 Å². The number of carboxylic acids is 1. The first-order valence-corrected chi connectivity index (χ1v) is 10.3. The number of rotatable bonds is 5. The lowest BCUT2D eigenvalue weighted by Gasteiger charge is -2.49. The lowest BCUT2D eigenvalue weighted by molar-refractivity contribution is -0.384. The number of carbonyl (C=O) groups is 2. The lowest BCUT2D eigenvalue weighted by Crippen LogP contribution is -2.64. The van der Waals surface area contributed by atoms with Crippen LogP contribution in [0.3, 0.4) is 0 Å². The van der Waals surface area contributed by atoms with Gasteiger partial charge in [-0.25, -0.2) is 0 Å². The van der Waals surface area contributed by atoms with Gasteiger partial charge in [-0.2, -0.15) is 0 Å². The van der Waals surface area contributed by atoms with E-state index < -0.39 is 22.4 Å². The standard InChI is InChI=1S/C11H16O4.C8H11N3O2S/c1-10(2)6-4-5-11(10,3)7(8(12)13)15-9(6)14;9-8(10)14-5-6-1-3-7(4-2-6)11(12)13/h6-7H,4-5H2,1-3H3,(H,12,13);1-4,8H,5,9-10H2. The Balaban J connectivity index is 0.000000208. The number of carboxylic acid groups (broad SMARTS) is 1. The minimum atomic E-state index is -1.28. The highest BCUT2D eigenvalue weighted by Gasteiger charge is 2.63. The highest BCUT2D eigenvalue weighted by Crippen LogP contribution is 2.61. The van der Waals surface area contributed by atoms with Gasteiger partial charge >= 0.3 is 5.97 Å². The molecule has 0 radical (unpaired) electrons. The fraction of sp³-hybridized carbons (Fsp3) is 0.579. The van der Waals surface area contributed by atoms with Crippen molar-refractivity contribution in [2.75, 3.05) is 0 Å². The van der Waals surface area contributed by atoms with E-state index in [9.17, 15) is 24.8 Å². The summed E-state index contributed by atoms with van der Waals surface area (Å²) in [4.78, 5) is 32.5. The molecule has 10 heteroatoms. The number of non-ortho nitro benzene ring substituents is 1. The van der Waals surface area contributed by atoms with E-state index in [2.05, 4.69) is 5.73 Å². The number of nitrogens with zero attached hydrogens (tertiary/aromatic N) is 1. The second-order valence-electron chi connectivity index (χ2n) is 8.14. The van der Waals surface area contributed by atoms with Crippen LogP contribution in [0.2, 0.25) is 0 Å². The van der Waals surface area contributed by atoms with Gasteiger partial charge in [-0.3, -0.25) is 20.6 Å². The number of cyclic esters (lactones) is 1. The molecule has 1 aromatic rings. The fourth-order valence-electron chi connectivity index (χ4n) is 3.96. The number of nitrogens with two attached hydrogens (primary N) is 1. The average molecular weight is 426 g/mol. The molecule has 2 bridgehead atoms. The molecule has 3 rings (SSSR count). The van der Waals surface area contributed by atoms with Gasteiger partial charge in [0.2, 0.25) is 0 Å². The molecule has 1 aromatic carbocycles. The van der Waals surface area contributed by atoms with Crippen molar-refractivity contribution in [2.24, 2.45) is 22.5 Å². The number of esters is 1. The molecule has 0 amide bonds. The van der Waals surface area contributed by atoms with Crippen LogP contribution in [-0.2, 0) is 20.1 Å². The van der Waals surface area contributed by atoms with Crippen LogP contribution in [0.15, 0.2) is 24.3 Å². The van der Waals surface area contributed by atoms with Crippen molar-refractivity contribution in [2.45, 2.75) is 51.0 Å². The molecule has 1 saturated heterocycles. The molecule has 2 fully saturated rings. The van der Waals surface area contributed by atoms with Crippen LogP contribution in [-0.4, -0.2) is 28.5 Å². The Bertz CT molecular complexity index is 783. The Kier molecular flexibility index (Phi) is 6.92. The van der Waals surface area contributed by atoms with Crippen molar-refractivity contribution in [3.05, 3.63) is 39.9 Å². The van der Waals surface area contributed by atoms with E-state index >= 15 is 0 Å². The molecule has 1 aliphatic carbocycles. The van der Waals surface area contributed by atoms with Crippen molar-refractivity contribution in [3.63, 3.8) is 0 Å². The second kappa shape index (κ2) is 8.68. The summed E-state index contributed by atoms with van der Waals surface area (Å²) >= 11 is 1.50. The summed E-state index contributed by atoms with van der Waals surface area (Å²) in [6.45, 7) is 5.77. The number of quaternary nitrogens is 1. The van der Waals surface area contributed by atoms with Gasteiger partial charge in [-0.05, 0) is 23.8 Å². The number of fused-ring (bicyclic) bond motifs is 2. The number of nitro benzene ring substituents is 1. The molecule has 5 N–H and O–H groups in total. The van der Waals surface area contributed by atoms with Gasteiger partial charge < -0.3 is 20.4 Å². The summed E-state index contributed by atoms with van der Waals surface area (Å²) in [6, 6.07) is 6.44. The molecule has 29 heavy (non-hydrogen) atoms. The van der Waals surface area contributed by atoms with Gasteiger partial charge in [0.05, 0.1) is 16.8 Å². The Labute approximate surface area is 173 Å². The average Bonchev–Trinajstić information content (AvgIpc) is 2.78. The minimum absolute atomic E-state index is 0.109. The van der Waals surface area contributed by atoms with Crippen LogP contribution in [0.1, 0.15) is 39.2 Å². The Morgan fingerprint density at radius 1 is 1.38 bits per heavy atom. The van der Waals surface area contributed by atoms with E-state index in [-0.39, 0.29) is 28.5 Å². The number of hydrogen-bond acceptors (Lipinski definition) is 8. The van der Waals surface area contributed by atoms with E-state index in [0.29, 0.717) is 12.8 Å². The van der Waals surface area contributed by atoms with Crippen molar-refractivity contribution in [1.82, 2.24) is 0 Å². The van der Waals surface area contributed by atoms with E-state index in [1.807, 2.05) is 20.8 Å². The van der Waals surface area contributed by atoms with Gasteiger partial charge in [-0.1, -0.05) is 44.7 Å².